The van der Waals surface area contributed by atoms with E-state index in [0.29, 0.717) is 18.8 Å². The van der Waals surface area contributed by atoms with Crippen LogP contribution in [0.15, 0.2) is 59.5 Å². The Morgan fingerprint density at radius 2 is 1.62 bits per heavy atom. The highest BCUT2D eigenvalue weighted by molar-refractivity contribution is 7.89. The van der Waals surface area contributed by atoms with Gasteiger partial charge in [-0.1, -0.05) is 6.07 Å². The van der Waals surface area contributed by atoms with E-state index in [4.69, 9.17) is 0 Å². The molecule has 1 N–H and O–H groups in total. The Balaban J connectivity index is 1.47. The average Bonchev–Trinajstić information content (AvgIpc) is 3.17. The van der Waals surface area contributed by atoms with Crippen molar-refractivity contribution in [2.45, 2.75) is 25.7 Å². The summed E-state index contributed by atoms with van der Waals surface area (Å²) in [4.78, 5) is 26.0. The first-order valence-corrected chi connectivity index (χ1v) is 12.4. The molecule has 1 fully saturated rings. The molecular weight excluding hydrogens is 454 g/mol. The number of aromatic nitrogens is 2. The topological polar surface area (TPSA) is 105 Å². The van der Waals surface area contributed by atoms with Gasteiger partial charge in [-0.25, -0.2) is 13.1 Å². The minimum absolute atomic E-state index is 0.0521. The number of sulfonamides is 1. The fourth-order valence-electron chi connectivity index (χ4n) is 3.97. The van der Waals surface area contributed by atoms with Gasteiger partial charge in [-0.05, 0) is 62.4 Å². The van der Waals surface area contributed by atoms with Crippen molar-refractivity contribution in [1.29, 1.82) is 0 Å². The van der Waals surface area contributed by atoms with Crippen LogP contribution in [0, 0.1) is 13.8 Å². The molecule has 4 rings (SSSR count). The molecular formula is C24H27N5O4S. The highest BCUT2D eigenvalue weighted by Crippen LogP contribution is 2.21. The fourth-order valence-corrected chi connectivity index (χ4v) is 5.44. The van der Waals surface area contributed by atoms with Crippen molar-refractivity contribution < 1.29 is 18.0 Å². The van der Waals surface area contributed by atoms with Gasteiger partial charge in [0.1, 0.15) is 0 Å². The van der Waals surface area contributed by atoms with Crippen LogP contribution in [0.1, 0.15) is 28.7 Å². The van der Waals surface area contributed by atoms with E-state index in [-0.39, 0.29) is 29.5 Å². The van der Waals surface area contributed by atoms with Crippen LogP contribution < -0.4 is 5.32 Å². The number of carbonyl (C=O) groups is 2. The first-order chi connectivity index (χ1) is 16.1. The molecule has 3 aromatic rings. The predicted octanol–water partition coefficient (Wildman–Crippen LogP) is 2.59. The summed E-state index contributed by atoms with van der Waals surface area (Å²) in [6, 6.07) is 15.2. The maximum absolute atomic E-state index is 13.1. The Labute approximate surface area is 199 Å². The third kappa shape index (κ3) is 4.87. The third-order valence-corrected chi connectivity index (χ3v) is 7.69. The molecule has 0 unspecified atom stereocenters. The largest absolute Gasteiger partial charge is 0.340 e. The Hall–Kier alpha value is -3.50. The van der Waals surface area contributed by atoms with E-state index >= 15 is 0 Å². The number of nitrogens with zero attached hydrogens (tertiary/aromatic N) is 4. The number of nitrogens with one attached hydrogen (secondary N) is 1. The Bertz CT molecular complexity index is 1320. The van der Waals surface area contributed by atoms with Crippen LogP contribution in [-0.4, -0.2) is 65.4 Å². The number of aryl methyl sites for hydroxylation is 2. The lowest BCUT2D eigenvalue weighted by molar-refractivity contribution is -0.129. The van der Waals surface area contributed by atoms with Crippen molar-refractivity contribution in [3.8, 4) is 5.69 Å². The summed E-state index contributed by atoms with van der Waals surface area (Å²) < 4.78 is 29.3. The summed E-state index contributed by atoms with van der Waals surface area (Å²) in [6.07, 6.45) is 0. The highest BCUT2D eigenvalue weighted by atomic mass is 32.2. The van der Waals surface area contributed by atoms with Gasteiger partial charge in [-0.15, -0.1) is 0 Å². The zero-order valence-electron chi connectivity index (χ0n) is 19.4. The van der Waals surface area contributed by atoms with E-state index in [0.717, 1.165) is 17.1 Å². The number of carbonyl (C=O) groups excluding carboxylic acids is 2. The average molecular weight is 482 g/mol. The van der Waals surface area contributed by atoms with Gasteiger partial charge < -0.3 is 10.2 Å². The van der Waals surface area contributed by atoms with Gasteiger partial charge in [0.25, 0.3) is 5.91 Å². The molecule has 1 aromatic heterocycles. The van der Waals surface area contributed by atoms with Gasteiger partial charge in [0, 0.05) is 50.0 Å². The second-order valence-electron chi connectivity index (χ2n) is 8.28. The molecule has 178 valence electrons. The van der Waals surface area contributed by atoms with Gasteiger partial charge in [0.05, 0.1) is 16.3 Å². The Kier molecular flexibility index (Phi) is 6.54. The summed E-state index contributed by atoms with van der Waals surface area (Å²) in [7, 11) is -3.77. The van der Waals surface area contributed by atoms with Gasteiger partial charge >= 0.3 is 0 Å². The van der Waals surface area contributed by atoms with Gasteiger partial charge in [0.15, 0.2) is 0 Å². The molecule has 1 aliphatic rings. The van der Waals surface area contributed by atoms with Gasteiger partial charge in [0.2, 0.25) is 15.9 Å². The first-order valence-electron chi connectivity index (χ1n) is 11.0. The molecule has 0 aliphatic carbocycles. The number of piperazine rings is 1. The second-order valence-corrected chi connectivity index (χ2v) is 10.2. The maximum atomic E-state index is 13.1. The van der Waals surface area contributed by atoms with E-state index in [2.05, 4.69) is 10.4 Å². The van der Waals surface area contributed by atoms with Crippen LogP contribution in [0.4, 0.5) is 5.69 Å². The van der Waals surface area contributed by atoms with E-state index < -0.39 is 15.9 Å². The lowest BCUT2D eigenvalue weighted by atomic mass is 10.2. The Morgan fingerprint density at radius 1 is 0.941 bits per heavy atom. The monoisotopic (exact) mass is 481 g/mol. The van der Waals surface area contributed by atoms with Crippen molar-refractivity contribution in [2.75, 3.05) is 31.5 Å². The summed E-state index contributed by atoms with van der Waals surface area (Å²) >= 11 is 0. The minimum Gasteiger partial charge on any atom is -0.340 e. The molecule has 34 heavy (non-hydrogen) atoms. The normalized spacial score (nSPS) is 14.7. The molecule has 9 nitrogen and oxygen atoms in total. The quantitative estimate of drug-likeness (QED) is 0.603. The number of benzene rings is 2. The highest BCUT2D eigenvalue weighted by Gasteiger charge is 2.29. The summed E-state index contributed by atoms with van der Waals surface area (Å²) in [5, 5.41) is 7.26. The first kappa shape index (κ1) is 23.7. The summed E-state index contributed by atoms with van der Waals surface area (Å²) in [6.45, 7) is 6.52. The van der Waals surface area contributed by atoms with Crippen LogP contribution >= 0.6 is 0 Å². The SMILES string of the molecule is CC(=O)N1CCN(S(=O)(=O)c2cccc(C(=O)Nc3ccc(-n4nc(C)cc4C)cc3)c2)CC1. The molecule has 0 radical (unpaired) electrons. The second kappa shape index (κ2) is 9.40. The molecule has 1 aliphatic heterocycles. The number of anilines is 1. The number of hydrogen-bond donors (Lipinski definition) is 1. The predicted molar refractivity (Wildman–Crippen MR) is 128 cm³/mol. The van der Waals surface area contributed by atoms with Crippen LogP contribution in [0.3, 0.4) is 0 Å². The van der Waals surface area contributed by atoms with Crippen molar-refractivity contribution in [1.82, 2.24) is 19.0 Å². The molecule has 2 amide bonds. The fraction of sp³-hybridized carbons (Fsp3) is 0.292. The molecule has 0 spiro atoms. The van der Waals surface area contributed by atoms with Crippen molar-refractivity contribution in [2.24, 2.45) is 0 Å². The van der Waals surface area contributed by atoms with E-state index in [1.807, 2.05) is 36.7 Å². The van der Waals surface area contributed by atoms with Crippen LogP contribution in [-0.2, 0) is 14.8 Å². The van der Waals surface area contributed by atoms with Crippen LogP contribution in [0.5, 0.6) is 0 Å². The van der Waals surface area contributed by atoms with E-state index in [1.165, 1.54) is 23.4 Å². The summed E-state index contributed by atoms with van der Waals surface area (Å²) in [5.74, 6) is -0.476. The molecule has 10 heteroatoms. The third-order valence-electron chi connectivity index (χ3n) is 5.80. The lowest BCUT2D eigenvalue weighted by Crippen LogP contribution is -2.49. The Morgan fingerprint density at radius 3 is 2.21 bits per heavy atom. The molecule has 0 atom stereocenters. The maximum Gasteiger partial charge on any atom is 0.255 e. The van der Waals surface area contributed by atoms with E-state index in [1.54, 1.807) is 29.2 Å². The standard InChI is InChI=1S/C24H27N5O4S/c1-17-15-18(2)29(26-17)22-9-7-21(8-10-22)25-24(31)20-5-4-6-23(16-20)34(32,33)28-13-11-27(12-14-28)19(3)30/h4-10,15-16H,11-14H2,1-3H3,(H,25,31). The molecule has 2 heterocycles. The molecule has 2 aromatic carbocycles. The minimum atomic E-state index is -3.77. The zero-order chi connectivity index (χ0) is 24.5. The van der Waals surface area contributed by atoms with Gasteiger partial charge in [-0.2, -0.15) is 9.40 Å². The zero-order valence-corrected chi connectivity index (χ0v) is 20.2. The molecule has 0 saturated carbocycles. The number of rotatable bonds is 5. The lowest BCUT2D eigenvalue weighted by Gasteiger charge is -2.33. The molecule has 1 saturated heterocycles. The number of amides is 2. The van der Waals surface area contributed by atoms with Crippen molar-refractivity contribution >= 4 is 27.5 Å². The van der Waals surface area contributed by atoms with Crippen molar-refractivity contribution in [3.63, 3.8) is 0 Å². The number of hydrogen-bond acceptors (Lipinski definition) is 5. The van der Waals surface area contributed by atoms with Crippen molar-refractivity contribution in [3.05, 3.63) is 71.5 Å². The van der Waals surface area contributed by atoms with Crippen LogP contribution in [0.25, 0.3) is 5.69 Å². The van der Waals surface area contributed by atoms with Gasteiger partial charge in [-0.3, -0.25) is 9.59 Å². The van der Waals surface area contributed by atoms with Crippen LogP contribution in [0.2, 0.25) is 0 Å². The molecule has 0 bridgehead atoms. The smallest absolute Gasteiger partial charge is 0.255 e. The summed E-state index contributed by atoms with van der Waals surface area (Å²) in [5.41, 5.74) is 3.64. The van der Waals surface area contributed by atoms with E-state index in [9.17, 15) is 18.0 Å².